The van der Waals surface area contributed by atoms with Crippen LogP contribution in [0.3, 0.4) is 0 Å². The Labute approximate surface area is 118 Å². The minimum atomic E-state index is 0.210. The SMILES string of the molecule is Cc1nc(N)nc(N)c1CCCOc1ccc(N)cc1. The largest absolute Gasteiger partial charge is 0.494 e. The molecule has 2 rings (SSSR count). The van der Waals surface area contributed by atoms with Crippen molar-refractivity contribution in [3.8, 4) is 5.75 Å². The fourth-order valence-electron chi connectivity index (χ4n) is 1.95. The van der Waals surface area contributed by atoms with E-state index in [-0.39, 0.29) is 5.95 Å². The van der Waals surface area contributed by atoms with Gasteiger partial charge in [-0.05, 0) is 44.0 Å². The summed E-state index contributed by atoms with van der Waals surface area (Å²) in [6.07, 6.45) is 1.58. The second-order valence-electron chi connectivity index (χ2n) is 4.55. The highest BCUT2D eigenvalue weighted by molar-refractivity contribution is 5.45. The third kappa shape index (κ3) is 3.50. The molecule has 106 valence electrons. The molecule has 0 bridgehead atoms. The number of anilines is 3. The molecule has 0 aliphatic heterocycles. The van der Waals surface area contributed by atoms with Gasteiger partial charge >= 0.3 is 0 Å². The third-order valence-electron chi connectivity index (χ3n) is 2.98. The molecule has 1 aromatic heterocycles. The number of hydrogen-bond acceptors (Lipinski definition) is 6. The minimum Gasteiger partial charge on any atom is -0.494 e. The van der Waals surface area contributed by atoms with Crippen molar-refractivity contribution in [3.05, 3.63) is 35.5 Å². The standard InChI is InChI=1S/C14H19N5O/c1-9-12(13(16)19-14(17)18-9)3-2-8-20-11-6-4-10(15)5-7-11/h4-7H,2-3,8,15H2,1H3,(H4,16,17,18,19). The predicted octanol–water partition coefficient (Wildman–Crippen LogP) is 1.54. The van der Waals surface area contributed by atoms with Gasteiger partial charge in [-0.25, -0.2) is 4.98 Å². The van der Waals surface area contributed by atoms with Crippen molar-refractivity contribution in [2.24, 2.45) is 0 Å². The maximum absolute atomic E-state index is 5.85. The molecule has 6 N–H and O–H groups in total. The van der Waals surface area contributed by atoms with Crippen LogP contribution in [0.25, 0.3) is 0 Å². The quantitative estimate of drug-likeness (QED) is 0.562. The number of nitrogen functional groups attached to an aromatic ring is 3. The molecule has 0 fully saturated rings. The Bertz CT molecular complexity index is 560. The van der Waals surface area contributed by atoms with Gasteiger partial charge in [0.2, 0.25) is 5.95 Å². The summed E-state index contributed by atoms with van der Waals surface area (Å²) in [5, 5.41) is 0. The molecule has 0 amide bonds. The van der Waals surface area contributed by atoms with Crippen molar-refractivity contribution >= 4 is 17.5 Å². The fourth-order valence-corrected chi connectivity index (χ4v) is 1.95. The van der Waals surface area contributed by atoms with Crippen molar-refractivity contribution in [1.29, 1.82) is 0 Å². The van der Waals surface area contributed by atoms with Gasteiger partial charge in [0.05, 0.1) is 6.61 Å². The van der Waals surface area contributed by atoms with E-state index in [0.29, 0.717) is 12.4 Å². The Balaban J connectivity index is 1.86. The highest BCUT2D eigenvalue weighted by Gasteiger charge is 2.07. The molecule has 1 heterocycles. The van der Waals surface area contributed by atoms with E-state index in [1.54, 1.807) is 0 Å². The summed E-state index contributed by atoms with van der Waals surface area (Å²) >= 11 is 0. The van der Waals surface area contributed by atoms with Crippen LogP contribution in [0.5, 0.6) is 5.75 Å². The summed E-state index contributed by atoms with van der Waals surface area (Å²) in [7, 11) is 0. The van der Waals surface area contributed by atoms with Gasteiger partial charge in [0.15, 0.2) is 0 Å². The molecule has 6 nitrogen and oxygen atoms in total. The first-order chi connectivity index (χ1) is 9.56. The Morgan fingerprint density at radius 3 is 2.40 bits per heavy atom. The molecule has 2 aromatic rings. The summed E-state index contributed by atoms with van der Waals surface area (Å²) in [5.74, 6) is 1.46. The lowest BCUT2D eigenvalue weighted by Crippen LogP contribution is -2.08. The first kappa shape index (κ1) is 13.9. The highest BCUT2D eigenvalue weighted by Crippen LogP contribution is 2.17. The lowest BCUT2D eigenvalue weighted by atomic mass is 10.1. The number of nitrogens with two attached hydrogens (primary N) is 3. The molecule has 0 unspecified atom stereocenters. The Kier molecular flexibility index (Phi) is 4.24. The molecule has 20 heavy (non-hydrogen) atoms. The number of aromatic nitrogens is 2. The van der Waals surface area contributed by atoms with Crippen LogP contribution in [0.2, 0.25) is 0 Å². The Morgan fingerprint density at radius 1 is 1.05 bits per heavy atom. The zero-order valence-corrected chi connectivity index (χ0v) is 11.5. The van der Waals surface area contributed by atoms with E-state index in [0.717, 1.165) is 35.5 Å². The van der Waals surface area contributed by atoms with Gasteiger partial charge in [0, 0.05) is 16.9 Å². The first-order valence-electron chi connectivity index (χ1n) is 6.43. The van der Waals surface area contributed by atoms with Crippen molar-refractivity contribution in [2.45, 2.75) is 19.8 Å². The van der Waals surface area contributed by atoms with Gasteiger partial charge < -0.3 is 21.9 Å². The molecule has 0 radical (unpaired) electrons. The van der Waals surface area contributed by atoms with E-state index in [1.165, 1.54) is 0 Å². The zero-order valence-electron chi connectivity index (χ0n) is 11.5. The van der Waals surface area contributed by atoms with E-state index < -0.39 is 0 Å². The van der Waals surface area contributed by atoms with Crippen LogP contribution < -0.4 is 21.9 Å². The maximum Gasteiger partial charge on any atom is 0.222 e. The normalized spacial score (nSPS) is 10.4. The molecule has 0 spiro atoms. The summed E-state index contributed by atoms with van der Waals surface area (Å²) in [5.41, 5.74) is 19.5. The Hall–Kier alpha value is -2.50. The second kappa shape index (κ2) is 6.10. The second-order valence-corrected chi connectivity index (χ2v) is 4.55. The van der Waals surface area contributed by atoms with Crippen LogP contribution in [0.1, 0.15) is 17.7 Å². The molecule has 0 saturated heterocycles. The monoisotopic (exact) mass is 273 g/mol. The van der Waals surface area contributed by atoms with Crippen LogP contribution in [0, 0.1) is 6.92 Å². The third-order valence-corrected chi connectivity index (χ3v) is 2.98. The van der Waals surface area contributed by atoms with Crippen molar-refractivity contribution < 1.29 is 4.74 Å². The average Bonchev–Trinajstić information content (AvgIpc) is 2.39. The molecular weight excluding hydrogens is 254 g/mol. The number of rotatable bonds is 5. The van der Waals surface area contributed by atoms with Crippen LogP contribution in [0.4, 0.5) is 17.5 Å². The van der Waals surface area contributed by atoms with Gasteiger partial charge in [-0.1, -0.05) is 0 Å². The Morgan fingerprint density at radius 2 is 1.75 bits per heavy atom. The lowest BCUT2D eigenvalue weighted by Gasteiger charge is -2.10. The van der Waals surface area contributed by atoms with Gasteiger partial charge in [-0.15, -0.1) is 0 Å². The van der Waals surface area contributed by atoms with E-state index in [2.05, 4.69) is 9.97 Å². The van der Waals surface area contributed by atoms with E-state index in [4.69, 9.17) is 21.9 Å². The maximum atomic E-state index is 5.85. The topological polar surface area (TPSA) is 113 Å². The summed E-state index contributed by atoms with van der Waals surface area (Å²) in [6, 6.07) is 7.32. The van der Waals surface area contributed by atoms with Crippen molar-refractivity contribution in [1.82, 2.24) is 9.97 Å². The number of ether oxygens (including phenoxy) is 1. The van der Waals surface area contributed by atoms with Crippen LogP contribution in [0.15, 0.2) is 24.3 Å². The highest BCUT2D eigenvalue weighted by atomic mass is 16.5. The van der Waals surface area contributed by atoms with Crippen molar-refractivity contribution in [3.63, 3.8) is 0 Å². The summed E-state index contributed by atoms with van der Waals surface area (Å²) < 4.78 is 5.62. The average molecular weight is 273 g/mol. The molecule has 1 aromatic carbocycles. The number of benzene rings is 1. The van der Waals surface area contributed by atoms with E-state index in [9.17, 15) is 0 Å². The minimum absolute atomic E-state index is 0.210. The summed E-state index contributed by atoms with van der Waals surface area (Å²) in [6.45, 7) is 2.47. The number of nitrogens with zero attached hydrogens (tertiary/aromatic N) is 2. The molecular formula is C14H19N5O. The van der Waals surface area contributed by atoms with Crippen LogP contribution in [-0.2, 0) is 6.42 Å². The zero-order chi connectivity index (χ0) is 14.5. The number of hydrogen-bond donors (Lipinski definition) is 3. The smallest absolute Gasteiger partial charge is 0.222 e. The van der Waals surface area contributed by atoms with Crippen molar-refractivity contribution in [2.75, 3.05) is 23.8 Å². The molecule has 0 aliphatic carbocycles. The van der Waals surface area contributed by atoms with Crippen LogP contribution >= 0.6 is 0 Å². The molecule has 0 saturated carbocycles. The predicted molar refractivity (Wildman–Crippen MR) is 80.3 cm³/mol. The molecule has 0 atom stereocenters. The molecule has 6 heteroatoms. The first-order valence-corrected chi connectivity index (χ1v) is 6.43. The van der Waals surface area contributed by atoms with Gasteiger partial charge in [0.25, 0.3) is 0 Å². The van der Waals surface area contributed by atoms with Crippen LogP contribution in [-0.4, -0.2) is 16.6 Å². The number of aryl methyl sites for hydroxylation is 1. The fraction of sp³-hybridized carbons (Fsp3) is 0.286. The van der Waals surface area contributed by atoms with Gasteiger partial charge in [-0.2, -0.15) is 4.98 Å². The van der Waals surface area contributed by atoms with E-state index >= 15 is 0 Å². The van der Waals surface area contributed by atoms with E-state index in [1.807, 2.05) is 31.2 Å². The molecule has 0 aliphatic rings. The van der Waals surface area contributed by atoms with Gasteiger partial charge in [0.1, 0.15) is 11.6 Å². The van der Waals surface area contributed by atoms with Gasteiger partial charge in [-0.3, -0.25) is 0 Å². The lowest BCUT2D eigenvalue weighted by molar-refractivity contribution is 0.311. The summed E-state index contributed by atoms with van der Waals surface area (Å²) in [4.78, 5) is 8.08.